The molecule has 1 amide bonds. The Morgan fingerprint density at radius 2 is 2.03 bits per heavy atom. The Kier molecular flexibility index (Phi) is 6.87. The van der Waals surface area contributed by atoms with E-state index >= 15 is 4.39 Å². The molecule has 1 atom stereocenters. The first-order valence-corrected chi connectivity index (χ1v) is 11.7. The summed E-state index contributed by atoms with van der Waals surface area (Å²) < 4.78 is 20.9. The van der Waals surface area contributed by atoms with Crippen molar-refractivity contribution in [3.63, 3.8) is 0 Å². The molecule has 188 valence electrons. The Hall–Kier alpha value is -4.25. The molecule has 0 aliphatic carbocycles. The van der Waals surface area contributed by atoms with Gasteiger partial charge in [-0.1, -0.05) is 18.7 Å². The second-order valence-corrected chi connectivity index (χ2v) is 8.56. The summed E-state index contributed by atoms with van der Waals surface area (Å²) in [4.78, 5) is 24.9. The summed E-state index contributed by atoms with van der Waals surface area (Å²) in [5, 5.41) is 19.6. The fourth-order valence-corrected chi connectivity index (χ4v) is 4.24. The molecule has 1 aliphatic heterocycles. The van der Waals surface area contributed by atoms with Crippen molar-refractivity contribution in [1.29, 1.82) is 0 Å². The molecule has 9 nitrogen and oxygen atoms in total. The third-order valence-corrected chi connectivity index (χ3v) is 6.16. The van der Waals surface area contributed by atoms with Crippen molar-refractivity contribution in [3.8, 4) is 11.3 Å². The van der Waals surface area contributed by atoms with Crippen LogP contribution in [0.25, 0.3) is 22.2 Å². The zero-order valence-electron chi connectivity index (χ0n) is 19.9. The number of halogens is 1. The Balaban J connectivity index is 1.46. The summed E-state index contributed by atoms with van der Waals surface area (Å²) >= 11 is 0. The minimum Gasteiger partial charge on any atom is -0.393 e. The van der Waals surface area contributed by atoms with E-state index in [1.165, 1.54) is 12.3 Å². The first-order valence-electron chi connectivity index (χ1n) is 11.7. The van der Waals surface area contributed by atoms with E-state index in [0.29, 0.717) is 41.1 Å². The summed E-state index contributed by atoms with van der Waals surface area (Å²) in [7, 11) is 0. The molecule has 0 radical (unpaired) electrons. The van der Waals surface area contributed by atoms with E-state index in [2.05, 4.69) is 37.5 Å². The predicted molar refractivity (Wildman–Crippen MR) is 139 cm³/mol. The van der Waals surface area contributed by atoms with Gasteiger partial charge in [0, 0.05) is 42.2 Å². The van der Waals surface area contributed by atoms with Crippen LogP contribution in [0.2, 0.25) is 0 Å². The fourth-order valence-electron chi connectivity index (χ4n) is 4.24. The molecule has 0 saturated carbocycles. The number of nitrogens with one attached hydrogen (secondary N) is 3. The van der Waals surface area contributed by atoms with Gasteiger partial charge in [0.2, 0.25) is 11.9 Å². The van der Waals surface area contributed by atoms with Gasteiger partial charge in [0.15, 0.2) is 0 Å². The molecule has 3 heterocycles. The Bertz CT molecular complexity index is 1450. The number of morpholine rings is 1. The zero-order chi connectivity index (χ0) is 25.8. The number of hydrogen-bond donors (Lipinski definition) is 4. The van der Waals surface area contributed by atoms with Crippen molar-refractivity contribution in [3.05, 3.63) is 85.0 Å². The molecule has 2 aromatic carbocycles. The Labute approximate surface area is 212 Å². The Morgan fingerprint density at radius 1 is 1.19 bits per heavy atom. The first kappa shape index (κ1) is 24.4. The van der Waals surface area contributed by atoms with Gasteiger partial charge >= 0.3 is 0 Å². The number of hydrogen-bond acceptors (Lipinski definition) is 8. The summed E-state index contributed by atoms with van der Waals surface area (Å²) in [5.41, 5.74) is 2.12. The van der Waals surface area contributed by atoms with E-state index in [4.69, 9.17) is 4.74 Å². The van der Waals surface area contributed by atoms with Crippen LogP contribution in [0.3, 0.4) is 0 Å². The number of carbonyl (C=O) groups excluding carboxylic acids is 1. The number of carbonyl (C=O) groups is 1. The average Bonchev–Trinajstić information content (AvgIpc) is 2.93. The second kappa shape index (κ2) is 10.4. The third kappa shape index (κ3) is 5.03. The predicted octanol–water partition coefficient (Wildman–Crippen LogP) is 3.51. The second-order valence-electron chi connectivity index (χ2n) is 8.56. The average molecular weight is 501 g/mol. The van der Waals surface area contributed by atoms with Crippen LogP contribution in [0.1, 0.15) is 5.56 Å². The molecule has 10 heteroatoms. The standard InChI is InChI=1S/C27H25FN6O3/c1-2-23(36)32-20-9-10-30-22(13-20)24-21(28)8-3-17-14-31-26(34-25(17)24)33-19-6-4-18(5-7-19)27(16-35)15-29-11-12-37-27/h2-10,13-14,29,35H,1,11-12,15-16H2,(H,30,32,36)(H,31,33,34)/t27-/m1/s1. The number of nitrogens with zero attached hydrogens (tertiary/aromatic N) is 3. The van der Waals surface area contributed by atoms with Gasteiger partial charge in [0.1, 0.15) is 11.4 Å². The molecular weight excluding hydrogens is 475 g/mol. The van der Waals surface area contributed by atoms with Gasteiger partial charge in [0.25, 0.3) is 0 Å². The van der Waals surface area contributed by atoms with Crippen molar-refractivity contribution in [1.82, 2.24) is 20.3 Å². The number of anilines is 3. The monoisotopic (exact) mass is 500 g/mol. The topological polar surface area (TPSA) is 121 Å². The maximum absolute atomic E-state index is 15.1. The van der Waals surface area contributed by atoms with Gasteiger partial charge in [-0.3, -0.25) is 9.78 Å². The number of benzene rings is 2. The van der Waals surface area contributed by atoms with Crippen LogP contribution in [0.4, 0.5) is 21.7 Å². The Morgan fingerprint density at radius 3 is 2.76 bits per heavy atom. The fraction of sp³-hybridized carbons (Fsp3) is 0.185. The number of aliphatic hydroxyl groups is 1. The summed E-state index contributed by atoms with van der Waals surface area (Å²) in [6, 6.07) is 13.6. The highest BCUT2D eigenvalue weighted by Crippen LogP contribution is 2.32. The number of aliphatic hydroxyl groups excluding tert-OH is 1. The van der Waals surface area contributed by atoms with Crippen molar-refractivity contribution in [2.75, 3.05) is 36.9 Å². The van der Waals surface area contributed by atoms with E-state index in [1.807, 2.05) is 24.3 Å². The summed E-state index contributed by atoms with van der Waals surface area (Å²) in [6.07, 6.45) is 4.24. The lowest BCUT2D eigenvalue weighted by atomic mass is 9.93. The van der Waals surface area contributed by atoms with Crippen LogP contribution in [0.5, 0.6) is 0 Å². The van der Waals surface area contributed by atoms with Crippen molar-refractivity contribution >= 4 is 34.1 Å². The first-order chi connectivity index (χ1) is 18.0. The number of ether oxygens (including phenoxy) is 1. The van der Waals surface area contributed by atoms with Crippen molar-refractivity contribution in [2.24, 2.45) is 0 Å². The van der Waals surface area contributed by atoms with Gasteiger partial charge in [-0.25, -0.2) is 14.4 Å². The number of amides is 1. The van der Waals surface area contributed by atoms with E-state index in [0.717, 1.165) is 18.2 Å². The normalized spacial score (nSPS) is 17.4. The van der Waals surface area contributed by atoms with E-state index < -0.39 is 11.4 Å². The van der Waals surface area contributed by atoms with Gasteiger partial charge < -0.3 is 25.8 Å². The van der Waals surface area contributed by atoms with E-state index in [1.54, 1.807) is 24.4 Å². The largest absolute Gasteiger partial charge is 0.393 e. The molecule has 1 saturated heterocycles. The highest BCUT2D eigenvalue weighted by atomic mass is 19.1. The highest BCUT2D eigenvalue weighted by molar-refractivity contribution is 6.00. The number of fused-ring (bicyclic) bond motifs is 1. The molecule has 1 aliphatic rings. The molecule has 0 spiro atoms. The van der Waals surface area contributed by atoms with Gasteiger partial charge in [-0.15, -0.1) is 0 Å². The molecule has 0 unspecified atom stereocenters. The van der Waals surface area contributed by atoms with Crippen molar-refractivity contribution < 1.29 is 19.0 Å². The minimum atomic E-state index is -0.782. The van der Waals surface area contributed by atoms with Crippen LogP contribution >= 0.6 is 0 Å². The number of rotatable bonds is 7. The maximum atomic E-state index is 15.1. The summed E-state index contributed by atoms with van der Waals surface area (Å²) in [5.74, 6) is -0.612. The summed E-state index contributed by atoms with van der Waals surface area (Å²) in [6.45, 7) is 5.08. The number of aromatic nitrogens is 3. The quantitative estimate of drug-likeness (QED) is 0.285. The van der Waals surface area contributed by atoms with Crippen LogP contribution in [0, 0.1) is 5.82 Å². The van der Waals surface area contributed by atoms with Crippen LogP contribution in [-0.2, 0) is 15.1 Å². The number of pyridine rings is 1. The van der Waals surface area contributed by atoms with Gasteiger partial charge in [-0.05, 0) is 48.0 Å². The maximum Gasteiger partial charge on any atom is 0.247 e. The van der Waals surface area contributed by atoms with E-state index in [9.17, 15) is 9.90 Å². The molecule has 0 bridgehead atoms. The molecule has 2 aromatic heterocycles. The van der Waals surface area contributed by atoms with Crippen molar-refractivity contribution in [2.45, 2.75) is 5.60 Å². The lowest BCUT2D eigenvalue weighted by Gasteiger charge is -2.36. The van der Waals surface area contributed by atoms with Gasteiger partial charge in [-0.2, -0.15) is 0 Å². The lowest BCUT2D eigenvalue weighted by Crippen LogP contribution is -2.49. The van der Waals surface area contributed by atoms with Crippen LogP contribution < -0.4 is 16.0 Å². The molecule has 1 fully saturated rings. The molecule has 4 N–H and O–H groups in total. The van der Waals surface area contributed by atoms with Gasteiger partial charge in [0.05, 0.1) is 30.0 Å². The van der Waals surface area contributed by atoms with Crippen LogP contribution in [-0.4, -0.2) is 52.3 Å². The minimum absolute atomic E-state index is 0.137. The SMILES string of the molecule is C=CC(=O)Nc1ccnc(-c2c(F)ccc3cnc(Nc4ccc([C@]5(CO)CNCCO5)cc4)nc23)c1. The lowest BCUT2D eigenvalue weighted by molar-refractivity contribution is -0.111. The zero-order valence-corrected chi connectivity index (χ0v) is 19.9. The molecule has 4 aromatic rings. The smallest absolute Gasteiger partial charge is 0.247 e. The van der Waals surface area contributed by atoms with E-state index in [-0.39, 0.29) is 24.0 Å². The molecule has 37 heavy (non-hydrogen) atoms. The third-order valence-electron chi connectivity index (χ3n) is 6.16. The molecule has 5 rings (SSSR count). The van der Waals surface area contributed by atoms with Crippen LogP contribution in [0.15, 0.2) is 73.6 Å². The highest BCUT2D eigenvalue weighted by Gasteiger charge is 2.34. The molecular formula is C27H25FN6O3.